The van der Waals surface area contributed by atoms with Crippen molar-refractivity contribution in [3.63, 3.8) is 0 Å². The van der Waals surface area contributed by atoms with Crippen LogP contribution in [0.5, 0.6) is 5.75 Å². The normalized spacial score (nSPS) is 14.4. The summed E-state index contributed by atoms with van der Waals surface area (Å²) in [5.74, 6) is -0.587. The first kappa shape index (κ1) is 24.9. The van der Waals surface area contributed by atoms with Crippen LogP contribution in [0, 0.1) is 0 Å². The zero-order valence-electron chi connectivity index (χ0n) is 19.8. The van der Waals surface area contributed by atoms with Gasteiger partial charge in [0.25, 0.3) is 15.9 Å². The maximum absolute atomic E-state index is 13.0. The predicted octanol–water partition coefficient (Wildman–Crippen LogP) is 1.19. The number of amides is 1. The topological polar surface area (TPSA) is 168 Å². The van der Waals surface area contributed by atoms with Crippen LogP contribution in [-0.4, -0.2) is 59.9 Å². The fourth-order valence-electron chi connectivity index (χ4n) is 3.56. The lowest BCUT2D eigenvalue weighted by Crippen LogP contribution is -2.48. The average Bonchev–Trinajstić information content (AvgIpc) is 3.31. The van der Waals surface area contributed by atoms with Gasteiger partial charge in [0.15, 0.2) is 5.69 Å². The highest BCUT2D eigenvalue weighted by atomic mass is 32.2. The van der Waals surface area contributed by atoms with Gasteiger partial charge in [-0.15, -0.1) is 4.40 Å². The van der Waals surface area contributed by atoms with E-state index in [1.54, 1.807) is 44.2 Å². The zero-order chi connectivity index (χ0) is 26.1. The highest BCUT2D eigenvalue weighted by molar-refractivity contribution is 7.89. The minimum atomic E-state index is -3.66. The van der Waals surface area contributed by atoms with E-state index in [-0.39, 0.29) is 29.8 Å². The number of aromatic nitrogens is 3. The standard InChI is InChI=1S/C23H24N6O6S/c1-23(2,12-35-17-6-4-5-15-11-36(32,33)28-20(24)19(15)17)27-21(30)14-7-8-25-18(9-14)29-10-16(26-13-29)22(31)34-3/h4-10,13H,11-12H2,1-3H3,(H2,24,28)(H,27,30). The Morgan fingerprint density at radius 2 is 2.00 bits per heavy atom. The molecule has 0 saturated heterocycles. The molecule has 0 aliphatic carbocycles. The third-order valence-corrected chi connectivity index (χ3v) is 6.38. The van der Waals surface area contributed by atoms with E-state index < -0.39 is 21.5 Å². The molecule has 3 heterocycles. The van der Waals surface area contributed by atoms with Crippen LogP contribution in [0.3, 0.4) is 0 Å². The van der Waals surface area contributed by atoms with Crippen LogP contribution in [0.15, 0.2) is 53.5 Å². The molecule has 1 aliphatic rings. The van der Waals surface area contributed by atoms with Crippen molar-refractivity contribution < 1.29 is 27.5 Å². The van der Waals surface area contributed by atoms with Crippen molar-refractivity contribution >= 4 is 27.7 Å². The van der Waals surface area contributed by atoms with Crippen molar-refractivity contribution in [3.05, 3.63) is 71.4 Å². The number of benzene rings is 1. The predicted molar refractivity (Wildman–Crippen MR) is 130 cm³/mol. The number of rotatable bonds is 7. The van der Waals surface area contributed by atoms with E-state index in [1.807, 2.05) is 0 Å². The van der Waals surface area contributed by atoms with Crippen LogP contribution in [-0.2, 0) is 20.5 Å². The minimum absolute atomic E-state index is 0.0666. The fraction of sp³-hybridized carbons (Fsp3) is 0.261. The molecule has 1 amide bonds. The van der Waals surface area contributed by atoms with Crippen LogP contribution < -0.4 is 15.8 Å². The molecule has 4 rings (SSSR count). The monoisotopic (exact) mass is 512 g/mol. The number of imidazole rings is 1. The molecule has 0 bridgehead atoms. The molecule has 0 atom stereocenters. The Morgan fingerprint density at radius 1 is 1.22 bits per heavy atom. The summed E-state index contributed by atoms with van der Waals surface area (Å²) >= 11 is 0. The van der Waals surface area contributed by atoms with Crippen LogP contribution in [0.25, 0.3) is 5.82 Å². The lowest BCUT2D eigenvalue weighted by atomic mass is 10.0. The number of fused-ring (bicyclic) bond motifs is 1. The number of amidine groups is 1. The Kier molecular flexibility index (Phi) is 6.50. The summed E-state index contributed by atoms with van der Waals surface area (Å²) in [7, 11) is -2.40. The summed E-state index contributed by atoms with van der Waals surface area (Å²) in [6.45, 7) is 3.63. The lowest BCUT2D eigenvalue weighted by Gasteiger charge is -2.27. The molecule has 188 valence electrons. The first-order valence-electron chi connectivity index (χ1n) is 10.7. The quantitative estimate of drug-likeness (QED) is 0.442. The highest BCUT2D eigenvalue weighted by Gasteiger charge is 2.27. The largest absolute Gasteiger partial charge is 0.490 e. The van der Waals surface area contributed by atoms with Crippen LogP contribution in [0.1, 0.15) is 45.8 Å². The number of sulfonamides is 1. The second kappa shape index (κ2) is 9.41. The molecule has 1 aromatic carbocycles. The number of ether oxygens (including phenoxy) is 2. The summed E-state index contributed by atoms with van der Waals surface area (Å²) in [6.07, 6.45) is 4.32. The molecule has 0 radical (unpaired) electrons. The first-order valence-corrected chi connectivity index (χ1v) is 12.3. The van der Waals surface area contributed by atoms with Gasteiger partial charge in [0.05, 0.1) is 24.0 Å². The van der Waals surface area contributed by atoms with Crippen LogP contribution >= 0.6 is 0 Å². The number of methoxy groups -OCH3 is 1. The maximum Gasteiger partial charge on any atom is 0.358 e. The Labute approximate surface area is 207 Å². The molecule has 0 unspecified atom stereocenters. The number of esters is 1. The van der Waals surface area contributed by atoms with Crippen molar-refractivity contribution in [2.45, 2.75) is 25.1 Å². The molecule has 0 fully saturated rings. The molecule has 3 N–H and O–H groups in total. The number of carbonyl (C=O) groups is 2. The summed E-state index contributed by atoms with van der Waals surface area (Å²) in [4.78, 5) is 32.8. The summed E-state index contributed by atoms with van der Waals surface area (Å²) < 4.78 is 39.4. The number of pyridine rings is 1. The van der Waals surface area contributed by atoms with E-state index in [1.165, 1.54) is 30.4 Å². The van der Waals surface area contributed by atoms with E-state index in [9.17, 15) is 18.0 Å². The molecular weight excluding hydrogens is 488 g/mol. The summed E-state index contributed by atoms with van der Waals surface area (Å²) in [5, 5.41) is 2.91. The second-order valence-corrected chi connectivity index (χ2v) is 10.3. The fourth-order valence-corrected chi connectivity index (χ4v) is 4.65. The van der Waals surface area contributed by atoms with Gasteiger partial charge >= 0.3 is 5.97 Å². The van der Waals surface area contributed by atoms with Gasteiger partial charge in [-0.05, 0) is 37.6 Å². The van der Waals surface area contributed by atoms with Crippen molar-refractivity contribution in [3.8, 4) is 11.6 Å². The van der Waals surface area contributed by atoms with Gasteiger partial charge in [-0.2, -0.15) is 0 Å². The van der Waals surface area contributed by atoms with Crippen molar-refractivity contribution in [1.29, 1.82) is 0 Å². The molecule has 0 saturated carbocycles. The van der Waals surface area contributed by atoms with Crippen molar-refractivity contribution in [1.82, 2.24) is 19.9 Å². The molecule has 1 aliphatic heterocycles. The first-order chi connectivity index (χ1) is 17.0. The highest BCUT2D eigenvalue weighted by Crippen LogP contribution is 2.28. The number of nitrogens with one attached hydrogen (secondary N) is 1. The van der Waals surface area contributed by atoms with Gasteiger partial charge in [0.1, 0.15) is 30.3 Å². The Morgan fingerprint density at radius 3 is 2.75 bits per heavy atom. The summed E-state index contributed by atoms with van der Waals surface area (Å²) in [5.41, 5.74) is 6.45. The molecule has 13 heteroatoms. The van der Waals surface area contributed by atoms with E-state index in [0.717, 1.165) is 0 Å². The zero-order valence-corrected chi connectivity index (χ0v) is 20.6. The van der Waals surface area contributed by atoms with Gasteiger partial charge in [0, 0.05) is 18.0 Å². The smallest absolute Gasteiger partial charge is 0.358 e. The minimum Gasteiger partial charge on any atom is -0.490 e. The molecule has 0 spiro atoms. The van der Waals surface area contributed by atoms with Gasteiger partial charge in [-0.1, -0.05) is 12.1 Å². The molecule has 3 aromatic rings. The number of nitrogens with two attached hydrogens (primary N) is 1. The Balaban J connectivity index is 1.46. The molecular formula is C23H24N6O6S. The third kappa shape index (κ3) is 5.35. The average molecular weight is 513 g/mol. The Bertz CT molecular complexity index is 1480. The van der Waals surface area contributed by atoms with Crippen molar-refractivity contribution in [2.75, 3.05) is 13.7 Å². The summed E-state index contributed by atoms with van der Waals surface area (Å²) in [6, 6.07) is 8.11. The Hall–Kier alpha value is -4.26. The van der Waals surface area contributed by atoms with E-state index in [4.69, 9.17) is 10.5 Å². The van der Waals surface area contributed by atoms with Gasteiger partial charge in [0.2, 0.25) is 0 Å². The molecule has 36 heavy (non-hydrogen) atoms. The van der Waals surface area contributed by atoms with Crippen LogP contribution in [0.2, 0.25) is 0 Å². The van der Waals surface area contributed by atoms with Gasteiger partial charge in [-0.25, -0.2) is 23.2 Å². The number of nitrogens with zero attached hydrogens (tertiary/aromatic N) is 4. The van der Waals surface area contributed by atoms with Gasteiger partial charge in [-0.3, -0.25) is 9.36 Å². The lowest BCUT2D eigenvalue weighted by molar-refractivity contribution is 0.0594. The van der Waals surface area contributed by atoms with Crippen LogP contribution in [0.4, 0.5) is 0 Å². The number of hydrogen-bond donors (Lipinski definition) is 2. The van der Waals surface area contributed by atoms with Crippen molar-refractivity contribution in [2.24, 2.45) is 10.1 Å². The maximum atomic E-state index is 13.0. The number of hydrogen-bond acceptors (Lipinski definition) is 9. The van der Waals surface area contributed by atoms with E-state index in [2.05, 4.69) is 24.4 Å². The third-order valence-electron chi connectivity index (χ3n) is 5.23. The molecule has 2 aromatic heterocycles. The SMILES string of the molecule is COC(=O)c1cn(-c2cc(C(=O)NC(C)(C)COc3cccc4c3C(N)=NS(=O)(=O)C4)ccn2)cn1. The second-order valence-electron chi connectivity index (χ2n) is 8.68. The number of carbonyl (C=O) groups excluding carboxylic acids is 2. The van der Waals surface area contributed by atoms with E-state index in [0.29, 0.717) is 28.3 Å². The molecule has 12 nitrogen and oxygen atoms in total. The van der Waals surface area contributed by atoms with E-state index >= 15 is 0 Å². The van der Waals surface area contributed by atoms with Gasteiger partial charge < -0.3 is 20.5 Å².